The molecule has 2 heterocycles. The number of fused-ring (bicyclic) bond motifs is 1. The normalized spacial score (nSPS) is 13.4. The van der Waals surface area contributed by atoms with Crippen LogP contribution in [0.2, 0.25) is 0 Å². The maximum absolute atomic E-state index is 13.1. The summed E-state index contributed by atoms with van der Waals surface area (Å²) < 4.78 is 13.1. The van der Waals surface area contributed by atoms with Gasteiger partial charge in [0.25, 0.3) is 0 Å². The molecule has 0 aliphatic carbocycles. The molecular formula is C15H11FN2O3. The maximum atomic E-state index is 13.1. The topological polar surface area (TPSA) is 70.5 Å². The first-order valence-electron chi connectivity index (χ1n) is 6.30. The van der Waals surface area contributed by atoms with Gasteiger partial charge in [0.15, 0.2) is 0 Å². The third kappa shape index (κ3) is 2.47. The van der Waals surface area contributed by atoms with Crippen molar-refractivity contribution in [3.05, 3.63) is 59.2 Å². The lowest BCUT2D eigenvalue weighted by atomic mass is 10.1. The molecule has 1 aromatic heterocycles. The second-order valence-corrected chi connectivity index (χ2v) is 4.82. The zero-order valence-corrected chi connectivity index (χ0v) is 10.9. The number of hydrogen-bond donors (Lipinski definition) is 1. The molecule has 5 nitrogen and oxygen atoms in total. The summed E-state index contributed by atoms with van der Waals surface area (Å²) >= 11 is 0. The zero-order chi connectivity index (χ0) is 15.0. The van der Waals surface area contributed by atoms with Crippen molar-refractivity contribution in [3.63, 3.8) is 0 Å². The van der Waals surface area contributed by atoms with Gasteiger partial charge in [-0.2, -0.15) is 0 Å². The van der Waals surface area contributed by atoms with Crippen LogP contribution in [0.1, 0.15) is 21.5 Å². The van der Waals surface area contributed by atoms with Crippen molar-refractivity contribution in [1.29, 1.82) is 0 Å². The molecule has 106 valence electrons. The molecule has 1 aliphatic rings. The second kappa shape index (κ2) is 4.97. The molecule has 1 aromatic carbocycles. The van der Waals surface area contributed by atoms with E-state index in [2.05, 4.69) is 4.98 Å². The third-order valence-electron chi connectivity index (χ3n) is 3.36. The maximum Gasteiger partial charge on any atom is 0.335 e. The van der Waals surface area contributed by atoms with Crippen molar-refractivity contribution in [2.24, 2.45) is 0 Å². The summed E-state index contributed by atoms with van der Waals surface area (Å²) in [6.07, 6.45) is 2.75. The summed E-state index contributed by atoms with van der Waals surface area (Å²) in [5.74, 6) is -1.63. The number of pyridine rings is 1. The van der Waals surface area contributed by atoms with Crippen molar-refractivity contribution < 1.29 is 19.1 Å². The molecule has 1 aliphatic heterocycles. The van der Waals surface area contributed by atoms with E-state index in [1.54, 1.807) is 6.07 Å². The first kappa shape index (κ1) is 13.2. The number of anilines is 1. The molecule has 2 aromatic rings. The van der Waals surface area contributed by atoms with Gasteiger partial charge in [-0.15, -0.1) is 0 Å². The Hall–Kier alpha value is -2.76. The number of aromatic carboxylic acids is 1. The minimum Gasteiger partial charge on any atom is -0.478 e. The van der Waals surface area contributed by atoms with E-state index in [0.29, 0.717) is 16.8 Å². The number of hydrogen-bond acceptors (Lipinski definition) is 3. The van der Waals surface area contributed by atoms with Gasteiger partial charge >= 0.3 is 5.97 Å². The first-order valence-corrected chi connectivity index (χ1v) is 6.30. The highest BCUT2D eigenvalue weighted by molar-refractivity contribution is 6.02. The highest BCUT2D eigenvalue weighted by Gasteiger charge is 2.28. The van der Waals surface area contributed by atoms with Gasteiger partial charge in [0.2, 0.25) is 5.91 Å². The molecule has 21 heavy (non-hydrogen) atoms. The lowest BCUT2D eigenvalue weighted by Crippen LogP contribution is -2.26. The van der Waals surface area contributed by atoms with Crippen LogP contribution in [-0.2, 0) is 17.8 Å². The van der Waals surface area contributed by atoms with E-state index < -0.39 is 11.8 Å². The fraction of sp³-hybridized carbons (Fsp3) is 0.133. The first-order chi connectivity index (χ1) is 10.0. The predicted molar refractivity (Wildman–Crippen MR) is 72.5 cm³/mol. The lowest BCUT2D eigenvalue weighted by molar-refractivity contribution is -0.117. The van der Waals surface area contributed by atoms with Crippen LogP contribution < -0.4 is 4.90 Å². The number of carbonyl (C=O) groups is 2. The molecule has 0 saturated heterocycles. The number of amides is 1. The number of halogens is 1. The third-order valence-corrected chi connectivity index (χ3v) is 3.36. The summed E-state index contributed by atoms with van der Waals surface area (Å²) in [7, 11) is 0. The largest absolute Gasteiger partial charge is 0.478 e. The molecule has 0 atom stereocenters. The Labute approximate surface area is 119 Å². The fourth-order valence-corrected chi connectivity index (χ4v) is 2.41. The number of rotatable bonds is 3. The fourth-order valence-electron chi connectivity index (χ4n) is 2.41. The minimum atomic E-state index is -1.03. The second-order valence-electron chi connectivity index (χ2n) is 4.82. The molecule has 0 fully saturated rings. The van der Waals surface area contributed by atoms with Gasteiger partial charge in [0, 0.05) is 11.9 Å². The van der Waals surface area contributed by atoms with Gasteiger partial charge in [-0.25, -0.2) is 9.18 Å². The highest BCUT2D eigenvalue weighted by Crippen LogP contribution is 2.31. The Kier molecular flexibility index (Phi) is 3.13. The molecule has 0 spiro atoms. The predicted octanol–water partition coefficient (Wildman–Crippen LogP) is 2.01. The quantitative estimate of drug-likeness (QED) is 0.937. The molecule has 0 unspecified atom stereocenters. The van der Waals surface area contributed by atoms with Gasteiger partial charge in [-0.3, -0.25) is 9.78 Å². The summed E-state index contributed by atoms with van der Waals surface area (Å²) in [5.41, 5.74) is 2.06. The van der Waals surface area contributed by atoms with Crippen LogP contribution >= 0.6 is 0 Å². The molecule has 0 radical (unpaired) electrons. The minimum absolute atomic E-state index is 0.142. The number of carboxylic acid groups (broad SMARTS) is 1. The van der Waals surface area contributed by atoms with Gasteiger partial charge < -0.3 is 10.0 Å². The van der Waals surface area contributed by atoms with E-state index >= 15 is 0 Å². The van der Waals surface area contributed by atoms with E-state index in [9.17, 15) is 14.0 Å². The number of nitrogens with zero attached hydrogens (tertiary/aromatic N) is 2. The van der Waals surface area contributed by atoms with Crippen LogP contribution in [0, 0.1) is 5.82 Å². The monoisotopic (exact) mass is 286 g/mol. The lowest BCUT2D eigenvalue weighted by Gasteiger charge is -2.17. The average molecular weight is 286 g/mol. The van der Waals surface area contributed by atoms with E-state index in [0.717, 1.165) is 6.20 Å². The highest BCUT2D eigenvalue weighted by atomic mass is 19.1. The van der Waals surface area contributed by atoms with Crippen LogP contribution in [0.5, 0.6) is 0 Å². The average Bonchev–Trinajstić information content (AvgIpc) is 2.74. The molecular weight excluding hydrogens is 275 g/mol. The van der Waals surface area contributed by atoms with Crippen LogP contribution in [0.4, 0.5) is 10.1 Å². The van der Waals surface area contributed by atoms with E-state index in [-0.39, 0.29) is 24.4 Å². The molecule has 1 amide bonds. The van der Waals surface area contributed by atoms with Crippen molar-refractivity contribution in [2.45, 2.75) is 13.0 Å². The number of carboxylic acids is 1. The SMILES string of the molecule is O=C(O)c1ccc2c(c1)CC(=O)N2Cc1cncc(F)c1. The van der Waals surface area contributed by atoms with Gasteiger partial charge in [-0.05, 0) is 35.4 Å². The Morgan fingerprint density at radius 1 is 1.33 bits per heavy atom. The summed E-state index contributed by atoms with van der Waals surface area (Å²) in [6, 6.07) is 5.89. The number of carbonyl (C=O) groups excluding carboxylic acids is 1. The Morgan fingerprint density at radius 3 is 2.86 bits per heavy atom. The van der Waals surface area contributed by atoms with Crippen molar-refractivity contribution >= 4 is 17.6 Å². The van der Waals surface area contributed by atoms with E-state index in [1.165, 1.54) is 29.3 Å². The molecule has 6 heteroatoms. The van der Waals surface area contributed by atoms with E-state index in [4.69, 9.17) is 5.11 Å². The standard InChI is InChI=1S/C15H11FN2O3/c16-12-3-9(6-17-7-12)8-18-13-2-1-10(15(20)21)4-11(13)5-14(18)19/h1-4,6-7H,5,8H2,(H,20,21). The summed E-state index contributed by atoms with van der Waals surface area (Å²) in [5, 5.41) is 8.97. The Balaban J connectivity index is 1.92. The number of aromatic nitrogens is 1. The molecule has 1 N–H and O–H groups in total. The van der Waals surface area contributed by atoms with Crippen molar-refractivity contribution in [3.8, 4) is 0 Å². The van der Waals surface area contributed by atoms with Crippen LogP contribution in [-0.4, -0.2) is 22.0 Å². The molecule has 0 saturated carbocycles. The molecule has 3 rings (SSSR count). The van der Waals surface area contributed by atoms with Gasteiger partial charge in [0.05, 0.1) is 24.7 Å². The van der Waals surface area contributed by atoms with Crippen LogP contribution in [0.25, 0.3) is 0 Å². The van der Waals surface area contributed by atoms with Crippen LogP contribution in [0.3, 0.4) is 0 Å². The van der Waals surface area contributed by atoms with Gasteiger partial charge in [-0.1, -0.05) is 0 Å². The molecule has 0 bridgehead atoms. The van der Waals surface area contributed by atoms with Crippen molar-refractivity contribution in [1.82, 2.24) is 4.98 Å². The van der Waals surface area contributed by atoms with Crippen molar-refractivity contribution in [2.75, 3.05) is 4.90 Å². The van der Waals surface area contributed by atoms with Crippen LogP contribution in [0.15, 0.2) is 36.7 Å². The van der Waals surface area contributed by atoms with Gasteiger partial charge in [0.1, 0.15) is 5.82 Å². The Bertz CT molecular complexity index is 745. The smallest absolute Gasteiger partial charge is 0.335 e. The summed E-state index contributed by atoms with van der Waals surface area (Å²) in [6.45, 7) is 0.211. The number of benzene rings is 1. The summed E-state index contributed by atoms with van der Waals surface area (Å²) in [4.78, 5) is 28.3. The Morgan fingerprint density at radius 2 is 2.14 bits per heavy atom. The van der Waals surface area contributed by atoms with E-state index in [1.807, 2.05) is 0 Å². The zero-order valence-electron chi connectivity index (χ0n) is 10.9.